The van der Waals surface area contributed by atoms with Crippen molar-refractivity contribution >= 4 is 5.97 Å². The number of hydrogen-bond acceptors (Lipinski definition) is 9. The first-order valence-electron chi connectivity index (χ1n) is 11.2. The fourth-order valence-corrected chi connectivity index (χ4v) is 6.66. The molecule has 5 N–H and O–H groups in total. The summed E-state index contributed by atoms with van der Waals surface area (Å²) < 4.78 is 17.7. The summed E-state index contributed by atoms with van der Waals surface area (Å²) in [5.74, 6) is -0.824. The predicted octanol–water partition coefficient (Wildman–Crippen LogP) is -0.885. The number of carboxylic acids is 1. The topological polar surface area (TPSA) is 149 Å². The number of benzene rings is 1. The first-order chi connectivity index (χ1) is 15.7. The van der Waals surface area contributed by atoms with E-state index in [-0.39, 0.29) is 17.7 Å². The molecule has 1 spiro atoms. The van der Waals surface area contributed by atoms with E-state index in [1.165, 1.54) is 0 Å². The molecule has 3 aliphatic heterocycles. The van der Waals surface area contributed by atoms with Gasteiger partial charge in [0.05, 0.1) is 0 Å². The molecule has 33 heavy (non-hydrogen) atoms. The molecule has 0 saturated carbocycles. The number of likely N-dealkylation sites (tertiary alicyclic amines) is 1. The number of rotatable bonds is 3. The van der Waals surface area contributed by atoms with Crippen molar-refractivity contribution in [2.45, 2.75) is 67.2 Å². The summed E-state index contributed by atoms with van der Waals surface area (Å²) in [7, 11) is 2.11. The summed E-state index contributed by atoms with van der Waals surface area (Å²) in [5.41, 5.74) is 1.69. The van der Waals surface area contributed by atoms with Crippen molar-refractivity contribution < 1.29 is 44.5 Å². The van der Waals surface area contributed by atoms with E-state index in [9.17, 15) is 30.3 Å². The molecule has 0 aromatic heterocycles. The van der Waals surface area contributed by atoms with Gasteiger partial charge in [-0.25, -0.2) is 4.79 Å². The zero-order chi connectivity index (χ0) is 23.2. The molecule has 10 heteroatoms. The van der Waals surface area contributed by atoms with Gasteiger partial charge in [0.25, 0.3) is 0 Å². The van der Waals surface area contributed by atoms with Crippen LogP contribution in [0.4, 0.5) is 0 Å². The van der Waals surface area contributed by atoms with Crippen LogP contribution in [0.15, 0.2) is 24.3 Å². The van der Waals surface area contributed by atoms with Gasteiger partial charge in [-0.2, -0.15) is 0 Å². The third-order valence-corrected chi connectivity index (χ3v) is 8.23. The van der Waals surface area contributed by atoms with Crippen LogP contribution in [0.3, 0.4) is 0 Å². The van der Waals surface area contributed by atoms with E-state index in [1.807, 2.05) is 12.1 Å². The minimum atomic E-state index is -1.79. The van der Waals surface area contributed by atoms with Crippen molar-refractivity contribution in [2.75, 3.05) is 13.6 Å². The first kappa shape index (κ1) is 21.3. The number of phenolic OH excluding ortho intramolecular Hbond substituents is 1. The summed E-state index contributed by atoms with van der Waals surface area (Å²) in [6.07, 6.45) is -4.16. The lowest BCUT2D eigenvalue weighted by Gasteiger charge is -2.57. The molecule has 2 bridgehead atoms. The summed E-state index contributed by atoms with van der Waals surface area (Å²) in [6.45, 7) is 0.838. The summed E-state index contributed by atoms with van der Waals surface area (Å²) in [5, 5.41) is 50.5. The van der Waals surface area contributed by atoms with Crippen LogP contribution in [-0.2, 0) is 26.1 Å². The molecule has 5 aliphatic rings. The number of hydrogen-bond donors (Lipinski definition) is 5. The second-order valence-electron chi connectivity index (χ2n) is 9.78. The smallest absolute Gasteiger partial charge is 0.335 e. The number of ether oxygens (including phenoxy) is 3. The molecule has 6 rings (SSSR count). The van der Waals surface area contributed by atoms with Gasteiger partial charge >= 0.3 is 5.97 Å². The van der Waals surface area contributed by atoms with E-state index in [4.69, 9.17) is 14.2 Å². The van der Waals surface area contributed by atoms with Crippen molar-refractivity contribution in [3.05, 3.63) is 35.4 Å². The monoisotopic (exact) mass is 461 g/mol. The molecule has 0 radical (unpaired) electrons. The van der Waals surface area contributed by atoms with E-state index in [1.54, 1.807) is 6.07 Å². The van der Waals surface area contributed by atoms with Gasteiger partial charge in [0.2, 0.25) is 0 Å². The van der Waals surface area contributed by atoms with Gasteiger partial charge in [-0.05, 0) is 38.1 Å². The highest BCUT2D eigenvalue weighted by atomic mass is 16.7. The maximum Gasteiger partial charge on any atom is 0.335 e. The Morgan fingerprint density at radius 1 is 1.18 bits per heavy atom. The second-order valence-corrected chi connectivity index (χ2v) is 9.78. The van der Waals surface area contributed by atoms with Gasteiger partial charge in [-0.3, -0.25) is 0 Å². The van der Waals surface area contributed by atoms with Crippen LogP contribution in [0.1, 0.15) is 17.5 Å². The lowest BCUT2D eigenvalue weighted by atomic mass is 9.53. The summed E-state index contributed by atoms with van der Waals surface area (Å²) in [4.78, 5) is 13.8. The second kappa shape index (κ2) is 7.14. The molecule has 0 amide bonds. The third-order valence-electron chi connectivity index (χ3n) is 8.23. The molecule has 10 atom stereocenters. The first-order valence-corrected chi connectivity index (χ1v) is 11.2. The Hall–Kier alpha value is -2.21. The lowest BCUT2D eigenvalue weighted by Crippen LogP contribution is -2.66. The standard InChI is InChI=1S/C23H27NO9/c1-24-7-6-23-10-3-5-13(31-22-17(28)15(26)16(27)19(33-22)21(29)30)20(23)32-18-12(25)4-2-9(14(18)23)8-11(10)24/h2-5,10-11,13,15-17,19-20,22,25-28H,6-8H2,1H3,(H,29,30)/t10?,11-,13+,15?,16?,17?,19?,20+,22?,23+/m1/s1. The van der Waals surface area contributed by atoms with Gasteiger partial charge in [-0.15, -0.1) is 0 Å². The SMILES string of the molecule is CN1CC[C@]23c4c5ccc(O)c4O[C@H]2[C@@H](OC2OC(C(=O)O)C(O)C(O)C2O)C=CC3[C@H]1C5. The van der Waals surface area contributed by atoms with Gasteiger partial charge < -0.3 is 44.6 Å². The molecular formula is C23H27NO9. The third kappa shape index (κ3) is 2.73. The van der Waals surface area contributed by atoms with Crippen molar-refractivity contribution in [3.8, 4) is 11.5 Å². The van der Waals surface area contributed by atoms with E-state index in [0.29, 0.717) is 5.75 Å². The number of carbonyl (C=O) groups is 1. The van der Waals surface area contributed by atoms with Crippen molar-refractivity contribution in [2.24, 2.45) is 5.92 Å². The summed E-state index contributed by atoms with van der Waals surface area (Å²) >= 11 is 0. The molecule has 1 aromatic rings. The number of carboxylic acid groups (broad SMARTS) is 1. The van der Waals surface area contributed by atoms with Crippen molar-refractivity contribution in [1.29, 1.82) is 0 Å². The number of aromatic hydroxyl groups is 1. The molecule has 2 saturated heterocycles. The fourth-order valence-electron chi connectivity index (χ4n) is 6.66. The highest BCUT2D eigenvalue weighted by molar-refractivity contribution is 5.73. The van der Waals surface area contributed by atoms with Gasteiger partial charge in [0, 0.05) is 22.9 Å². The number of aliphatic hydroxyl groups excluding tert-OH is 3. The zero-order valence-corrected chi connectivity index (χ0v) is 17.9. The van der Waals surface area contributed by atoms with Crippen LogP contribution < -0.4 is 4.74 Å². The number of nitrogens with zero attached hydrogens (tertiary/aromatic N) is 1. The predicted molar refractivity (Wildman–Crippen MR) is 111 cm³/mol. The normalized spacial score (nSPS) is 45.4. The van der Waals surface area contributed by atoms with Crippen LogP contribution in [0, 0.1) is 5.92 Å². The Labute approximate surface area is 189 Å². The number of phenols is 1. The maximum atomic E-state index is 11.5. The molecule has 10 nitrogen and oxygen atoms in total. The van der Waals surface area contributed by atoms with Crippen LogP contribution in [0.25, 0.3) is 0 Å². The fraction of sp³-hybridized carbons (Fsp3) is 0.609. The van der Waals surface area contributed by atoms with E-state index < -0.39 is 54.3 Å². The largest absolute Gasteiger partial charge is 0.504 e. The minimum absolute atomic E-state index is 0.0610. The maximum absolute atomic E-state index is 11.5. The van der Waals surface area contributed by atoms with Crippen LogP contribution in [0.5, 0.6) is 11.5 Å². The Bertz CT molecular complexity index is 1030. The van der Waals surface area contributed by atoms with Crippen molar-refractivity contribution in [3.63, 3.8) is 0 Å². The number of piperidine rings is 1. The number of aliphatic carboxylic acids is 1. The quantitative estimate of drug-likeness (QED) is 0.359. The van der Waals surface area contributed by atoms with Gasteiger partial charge in [0.15, 0.2) is 23.9 Å². The molecular weight excluding hydrogens is 434 g/mol. The molecule has 2 aliphatic carbocycles. The van der Waals surface area contributed by atoms with E-state index in [0.717, 1.165) is 30.5 Å². The highest BCUT2D eigenvalue weighted by Crippen LogP contribution is 2.62. The Morgan fingerprint density at radius 3 is 2.73 bits per heavy atom. The van der Waals surface area contributed by atoms with Crippen LogP contribution in [-0.4, -0.2) is 98.9 Å². The molecule has 2 fully saturated rings. The molecule has 1 aromatic carbocycles. The molecule has 3 heterocycles. The summed E-state index contributed by atoms with van der Waals surface area (Å²) in [6, 6.07) is 3.85. The van der Waals surface area contributed by atoms with Gasteiger partial charge in [0.1, 0.15) is 30.5 Å². The Balaban J connectivity index is 1.38. The van der Waals surface area contributed by atoms with Crippen LogP contribution >= 0.6 is 0 Å². The van der Waals surface area contributed by atoms with E-state index >= 15 is 0 Å². The number of aliphatic hydroxyl groups is 3. The zero-order valence-electron chi connectivity index (χ0n) is 17.9. The number of likely N-dealkylation sites (N-methyl/N-ethyl adjacent to an activating group) is 1. The van der Waals surface area contributed by atoms with Gasteiger partial charge in [-0.1, -0.05) is 18.2 Å². The Morgan fingerprint density at radius 2 is 1.97 bits per heavy atom. The van der Waals surface area contributed by atoms with Crippen molar-refractivity contribution in [1.82, 2.24) is 4.90 Å². The average molecular weight is 461 g/mol. The Kier molecular flexibility index (Phi) is 4.62. The highest BCUT2D eigenvalue weighted by Gasteiger charge is 2.65. The van der Waals surface area contributed by atoms with E-state index in [2.05, 4.69) is 18.0 Å². The minimum Gasteiger partial charge on any atom is -0.504 e. The molecule has 6 unspecified atom stereocenters. The van der Waals surface area contributed by atoms with Crippen LogP contribution in [0.2, 0.25) is 0 Å². The average Bonchev–Trinajstić information content (AvgIpc) is 3.14. The molecule has 178 valence electrons. The lowest BCUT2D eigenvalue weighted by molar-refractivity contribution is -0.307.